The largest absolute Gasteiger partial charge is 0.324 e. The maximum atomic E-state index is 12.0. The van der Waals surface area contributed by atoms with Gasteiger partial charge in [0.25, 0.3) is 5.69 Å². The molecule has 0 bridgehead atoms. The van der Waals surface area contributed by atoms with Gasteiger partial charge in [-0.1, -0.05) is 30.3 Å². The molecule has 0 aliphatic heterocycles. The Kier molecular flexibility index (Phi) is 4.23. The predicted molar refractivity (Wildman–Crippen MR) is 85.0 cm³/mol. The van der Waals surface area contributed by atoms with Crippen molar-refractivity contribution in [3.8, 4) is 11.4 Å². The Morgan fingerprint density at radius 3 is 2.50 bits per heavy atom. The summed E-state index contributed by atoms with van der Waals surface area (Å²) >= 11 is 0. The monoisotopic (exact) mass is 324 g/mol. The second-order valence-corrected chi connectivity index (χ2v) is 4.86. The van der Waals surface area contributed by atoms with Crippen LogP contribution in [0.2, 0.25) is 0 Å². The van der Waals surface area contributed by atoms with E-state index in [2.05, 4.69) is 20.7 Å². The van der Waals surface area contributed by atoms with Crippen molar-refractivity contribution in [1.29, 1.82) is 0 Å². The van der Waals surface area contributed by atoms with E-state index in [1.807, 2.05) is 30.3 Å². The van der Waals surface area contributed by atoms with E-state index in [0.717, 1.165) is 5.56 Å². The van der Waals surface area contributed by atoms with E-state index in [1.54, 1.807) is 0 Å². The number of tetrazole rings is 1. The summed E-state index contributed by atoms with van der Waals surface area (Å²) in [7, 11) is 0. The Bertz CT molecular complexity index is 860. The molecule has 3 aromatic rings. The minimum absolute atomic E-state index is 0.0431. The van der Waals surface area contributed by atoms with Crippen LogP contribution in [0.3, 0.4) is 0 Å². The molecule has 3 rings (SSSR count). The quantitative estimate of drug-likeness (QED) is 0.566. The lowest BCUT2D eigenvalue weighted by Crippen LogP contribution is -2.20. The van der Waals surface area contributed by atoms with Crippen molar-refractivity contribution in [1.82, 2.24) is 20.2 Å². The molecule has 1 heterocycles. The van der Waals surface area contributed by atoms with Gasteiger partial charge in [-0.2, -0.15) is 4.80 Å². The molecule has 1 N–H and O–H groups in total. The highest BCUT2D eigenvalue weighted by Crippen LogP contribution is 2.15. The molecule has 0 saturated carbocycles. The van der Waals surface area contributed by atoms with Crippen LogP contribution in [-0.4, -0.2) is 31.0 Å². The van der Waals surface area contributed by atoms with E-state index >= 15 is 0 Å². The summed E-state index contributed by atoms with van der Waals surface area (Å²) < 4.78 is 0. The standard InChI is InChI=1S/C15H12N6O3/c22-14(16-12-6-8-13(9-7-12)21(23)24)10-20-18-15(17-19-20)11-4-2-1-3-5-11/h1-9H,10H2,(H,16,22). The molecule has 1 aromatic heterocycles. The number of nitro benzene ring substituents is 1. The number of non-ortho nitro benzene ring substituents is 1. The van der Waals surface area contributed by atoms with E-state index in [1.165, 1.54) is 29.1 Å². The normalized spacial score (nSPS) is 10.3. The molecule has 9 nitrogen and oxygen atoms in total. The molecule has 0 atom stereocenters. The van der Waals surface area contributed by atoms with Crippen molar-refractivity contribution in [3.63, 3.8) is 0 Å². The van der Waals surface area contributed by atoms with Crippen LogP contribution in [-0.2, 0) is 11.3 Å². The van der Waals surface area contributed by atoms with Crippen LogP contribution in [0.25, 0.3) is 11.4 Å². The molecule has 0 radical (unpaired) electrons. The topological polar surface area (TPSA) is 116 Å². The smallest absolute Gasteiger partial charge is 0.269 e. The van der Waals surface area contributed by atoms with E-state index in [-0.39, 0.29) is 18.1 Å². The highest BCUT2D eigenvalue weighted by Gasteiger charge is 2.10. The number of nitro groups is 1. The molecule has 9 heteroatoms. The fourth-order valence-corrected chi connectivity index (χ4v) is 2.01. The van der Waals surface area contributed by atoms with Gasteiger partial charge in [0.15, 0.2) is 0 Å². The zero-order chi connectivity index (χ0) is 16.9. The summed E-state index contributed by atoms with van der Waals surface area (Å²) in [5.74, 6) is 0.0691. The van der Waals surface area contributed by atoms with E-state index in [4.69, 9.17) is 0 Å². The summed E-state index contributed by atoms with van der Waals surface area (Å²) in [6, 6.07) is 14.8. The fraction of sp³-hybridized carbons (Fsp3) is 0.0667. The van der Waals surface area contributed by atoms with E-state index < -0.39 is 4.92 Å². The summed E-state index contributed by atoms with van der Waals surface area (Å²) in [6.45, 7) is -0.114. The molecular weight excluding hydrogens is 312 g/mol. The third-order valence-corrected chi connectivity index (χ3v) is 3.13. The minimum atomic E-state index is -0.504. The Morgan fingerprint density at radius 2 is 1.83 bits per heavy atom. The molecule has 0 saturated heterocycles. The van der Waals surface area contributed by atoms with Gasteiger partial charge in [0.05, 0.1) is 4.92 Å². The Hall–Kier alpha value is -3.62. The lowest BCUT2D eigenvalue weighted by Gasteiger charge is -2.03. The third kappa shape index (κ3) is 3.58. The first-order chi connectivity index (χ1) is 11.6. The Balaban J connectivity index is 1.63. The molecule has 24 heavy (non-hydrogen) atoms. The second-order valence-electron chi connectivity index (χ2n) is 4.86. The predicted octanol–water partition coefficient (Wildman–Crippen LogP) is 1.89. The first kappa shape index (κ1) is 15.3. The lowest BCUT2D eigenvalue weighted by atomic mass is 10.2. The number of anilines is 1. The molecule has 0 fully saturated rings. The number of amides is 1. The molecule has 0 unspecified atom stereocenters. The lowest BCUT2D eigenvalue weighted by molar-refractivity contribution is -0.384. The molecular formula is C15H12N6O3. The van der Waals surface area contributed by atoms with Gasteiger partial charge in [-0.15, -0.1) is 10.2 Å². The van der Waals surface area contributed by atoms with Crippen molar-refractivity contribution >= 4 is 17.3 Å². The van der Waals surface area contributed by atoms with Crippen molar-refractivity contribution in [3.05, 3.63) is 64.7 Å². The van der Waals surface area contributed by atoms with Crippen LogP contribution in [0.15, 0.2) is 54.6 Å². The summed E-state index contributed by atoms with van der Waals surface area (Å²) in [5.41, 5.74) is 1.21. The first-order valence-corrected chi connectivity index (χ1v) is 6.99. The van der Waals surface area contributed by atoms with Gasteiger partial charge < -0.3 is 5.32 Å². The highest BCUT2D eigenvalue weighted by molar-refractivity contribution is 5.90. The third-order valence-electron chi connectivity index (χ3n) is 3.13. The number of nitrogens with one attached hydrogen (secondary N) is 1. The maximum absolute atomic E-state index is 12.0. The SMILES string of the molecule is O=C(Cn1nnc(-c2ccccc2)n1)Nc1ccc([N+](=O)[O-])cc1. The van der Waals surface area contributed by atoms with Gasteiger partial charge in [-0.25, -0.2) is 0 Å². The van der Waals surface area contributed by atoms with Crippen molar-refractivity contribution in [2.45, 2.75) is 6.54 Å². The van der Waals surface area contributed by atoms with E-state index in [9.17, 15) is 14.9 Å². The van der Waals surface area contributed by atoms with Crippen LogP contribution < -0.4 is 5.32 Å². The zero-order valence-corrected chi connectivity index (χ0v) is 12.4. The van der Waals surface area contributed by atoms with Gasteiger partial charge >= 0.3 is 0 Å². The zero-order valence-electron chi connectivity index (χ0n) is 12.4. The first-order valence-electron chi connectivity index (χ1n) is 6.99. The average Bonchev–Trinajstić information content (AvgIpc) is 3.04. The number of nitrogens with zero attached hydrogens (tertiary/aromatic N) is 5. The summed E-state index contributed by atoms with van der Waals surface area (Å²) in [4.78, 5) is 23.2. The summed E-state index contributed by atoms with van der Waals surface area (Å²) in [5, 5.41) is 25.1. The van der Waals surface area contributed by atoms with Crippen molar-refractivity contribution < 1.29 is 9.72 Å². The number of rotatable bonds is 5. The molecule has 1 amide bonds. The molecule has 0 aliphatic rings. The highest BCUT2D eigenvalue weighted by atomic mass is 16.6. The van der Waals surface area contributed by atoms with Crippen molar-refractivity contribution in [2.75, 3.05) is 5.32 Å². The Labute approximate surface area is 136 Å². The van der Waals surface area contributed by atoms with Gasteiger partial charge in [-0.05, 0) is 17.3 Å². The second kappa shape index (κ2) is 6.65. The molecule has 0 spiro atoms. The van der Waals surface area contributed by atoms with Crippen LogP contribution in [0.1, 0.15) is 0 Å². The van der Waals surface area contributed by atoms with Crippen molar-refractivity contribution in [2.24, 2.45) is 0 Å². The van der Waals surface area contributed by atoms with Gasteiger partial charge in [0, 0.05) is 23.4 Å². The van der Waals surface area contributed by atoms with Crippen LogP contribution in [0.4, 0.5) is 11.4 Å². The molecule has 120 valence electrons. The number of aromatic nitrogens is 4. The average molecular weight is 324 g/mol. The van der Waals surface area contributed by atoms with Crippen LogP contribution in [0, 0.1) is 10.1 Å². The summed E-state index contributed by atoms with van der Waals surface area (Å²) in [6.07, 6.45) is 0. The van der Waals surface area contributed by atoms with Crippen LogP contribution >= 0.6 is 0 Å². The fourth-order valence-electron chi connectivity index (χ4n) is 2.01. The van der Waals surface area contributed by atoms with E-state index in [0.29, 0.717) is 11.5 Å². The number of carbonyl (C=O) groups is 1. The maximum Gasteiger partial charge on any atom is 0.269 e. The van der Waals surface area contributed by atoms with Gasteiger partial charge in [0.1, 0.15) is 6.54 Å². The minimum Gasteiger partial charge on any atom is -0.324 e. The molecule has 2 aromatic carbocycles. The number of carbonyl (C=O) groups excluding carboxylic acids is 1. The molecule has 0 aliphatic carbocycles. The number of hydrogen-bond acceptors (Lipinski definition) is 6. The Morgan fingerprint density at radius 1 is 1.12 bits per heavy atom. The number of benzene rings is 2. The number of hydrogen-bond donors (Lipinski definition) is 1. The van der Waals surface area contributed by atoms with Gasteiger partial charge in [-0.3, -0.25) is 14.9 Å². The van der Waals surface area contributed by atoms with Gasteiger partial charge in [0.2, 0.25) is 11.7 Å². The van der Waals surface area contributed by atoms with Crippen LogP contribution in [0.5, 0.6) is 0 Å².